The summed E-state index contributed by atoms with van der Waals surface area (Å²) in [6.45, 7) is 6.56. The third-order valence-corrected chi connectivity index (χ3v) is 15.7. The molecular formula is C76H134O6. The highest BCUT2D eigenvalue weighted by Gasteiger charge is 2.19. The van der Waals surface area contributed by atoms with E-state index in [0.29, 0.717) is 19.3 Å². The molecule has 474 valence electrons. The Morgan fingerprint density at radius 3 is 0.744 bits per heavy atom. The predicted molar refractivity (Wildman–Crippen MR) is 358 cm³/mol. The topological polar surface area (TPSA) is 78.9 Å². The SMILES string of the molecule is CC/C=C\C/C=C\C/C=C\C/C=C\C/C=C\C/C=C\C/C=C\CCCCCC(=O)OCC(COC(=O)CCCCCCCCCCCCCCCCCCCC)OC(=O)CCCCCCCCCCCCCCCCCCCCCCC. The van der Waals surface area contributed by atoms with Crippen LogP contribution in [-0.2, 0) is 28.6 Å². The molecule has 0 rings (SSSR count). The van der Waals surface area contributed by atoms with E-state index in [0.717, 1.165) is 109 Å². The summed E-state index contributed by atoms with van der Waals surface area (Å²) in [6, 6.07) is 0. The first kappa shape index (κ1) is 78.6. The molecule has 1 atom stereocenters. The molecule has 6 nitrogen and oxygen atoms in total. The van der Waals surface area contributed by atoms with Crippen LogP contribution in [-0.4, -0.2) is 37.2 Å². The first-order valence-corrected chi connectivity index (χ1v) is 35.6. The number of ether oxygens (including phenoxy) is 3. The molecule has 0 radical (unpaired) electrons. The smallest absolute Gasteiger partial charge is 0.306 e. The van der Waals surface area contributed by atoms with Crippen molar-refractivity contribution in [1.82, 2.24) is 0 Å². The van der Waals surface area contributed by atoms with Crippen LogP contribution in [0.2, 0.25) is 0 Å². The zero-order chi connectivity index (χ0) is 59.2. The highest BCUT2D eigenvalue weighted by atomic mass is 16.6. The van der Waals surface area contributed by atoms with Gasteiger partial charge >= 0.3 is 17.9 Å². The maximum absolute atomic E-state index is 13.0. The molecule has 0 amide bonds. The predicted octanol–water partition coefficient (Wildman–Crippen LogP) is 24.6. The van der Waals surface area contributed by atoms with E-state index in [2.05, 4.69) is 106 Å². The third-order valence-electron chi connectivity index (χ3n) is 15.7. The number of allylic oxidation sites excluding steroid dienone is 14. The average Bonchev–Trinajstić information content (AvgIpc) is 3.47. The Bertz CT molecular complexity index is 1550. The second-order valence-corrected chi connectivity index (χ2v) is 23.8. The quantitative estimate of drug-likeness (QED) is 0.0261. The van der Waals surface area contributed by atoms with Crippen molar-refractivity contribution in [2.24, 2.45) is 0 Å². The molecule has 0 saturated heterocycles. The van der Waals surface area contributed by atoms with Crippen LogP contribution in [0.3, 0.4) is 0 Å². The second kappa shape index (κ2) is 70.1. The van der Waals surface area contributed by atoms with Crippen molar-refractivity contribution in [3.63, 3.8) is 0 Å². The summed E-state index contributed by atoms with van der Waals surface area (Å²) >= 11 is 0. The summed E-state index contributed by atoms with van der Waals surface area (Å²) < 4.78 is 17.0. The van der Waals surface area contributed by atoms with Gasteiger partial charge in [-0.25, -0.2) is 0 Å². The monoisotopic (exact) mass is 1140 g/mol. The van der Waals surface area contributed by atoms with Gasteiger partial charge in [0.05, 0.1) is 0 Å². The van der Waals surface area contributed by atoms with E-state index in [4.69, 9.17) is 14.2 Å². The molecule has 0 saturated carbocycles. The van der Waals surface area contributed by atoms with Crippen molar-refractivity contribution in [3.8, 4) is 0 Å². The van der Waals surface area contributed by atoms with E-state index in [-0.39, 0.29) is 31.1 Å². The van der Waals surface area contributed by atoms with Crippen LogP contribution >= 0.6 is 0 Å². The number of carbonyl (C=O) groups excluding carboxylic acids is 3. The van der Waals surface area contributed by atoms with E-state index >= 15 is 0 Å². The summed E-state index contributed by atoms with van der Waals surface area (Å²) in [5.74, 6) is -0.893. The highest BCUT2D eigenvalue weighted by molar-refractivity contribution is 5.71. The number of rotatable bonds is 65. The van der Waals surface area contributed by atoms with Crippen molar-refractivity contribution in [1.29, 1.82) is 0 Å². The van der Waals surface area contributed by atoms with Gasteiger partial charge in [-0.05, 0) is 77.0 Å². The fourth-order valence-electron chi connectivity index (χ4n) is 10.4. The Kier molecular flexibility index (Phi) is 67.2. The van der Waals surface area contributed by atoms with Crippen molar-refractivity contribution < 1.29 is 28.6 Å². The number of hydrogen-bond acceptors (Lipinski definition) is 6. The van der Waals surface area contributed by atoms with Crippen LogP contribution in [0.15, 0.2) is 85.1 Å². The molecule has 0 N–H and O–H groups in total. The summed E-state index contributed by atoms with van der Waals surface area (Å²) in [7, 11) is 0. The van der Waals surface area contributed by atoms with Gasteiger partial charge in [-0.15, -0.1) is 0 Å². The minimum Gasteiger partial charge on any atom is -0.462 e. The van der Waals surface area contributed by atoms with Gasteiger partial charge in [0.15, 0.2) is 6.10 Å². The van der Waals surface area contributed by atoms with E-state index < -0.39 is 6.10 Å². The molecule has 0 bridgehead atoms. The summed E-state index contributed by atoms with van der Waals surface area (Å²) in [4.78, 5) is 38.5. The van der Waals surface area contributed by atoms with E-state index in [1.807, 2.05) is 0 Å². The molecular weight excluding hydrogens is 1010 g/mol. The normalized spacial score (nSPS) is 12.6. The van der Waals surface area contributed by atoms with Crippen LogP contribution in [0.4, 0.5) is 0 Å². The first-order chi connectivity index (χ1) is 40.5. The van der Waals surface area contributed by atoms with Gasteiger partial charge in [-0.3, -0.25) is 14.4 Å². The lowest BCUT2D eigenvalue weighted by molar-refractivity contribution is -0.167. The second-order valence-electron chi connectivity index (χ2n) is 23.8. The van der Waals surface area contributed by atoms with E-state index in [1.165, 1.54) is 212 Å². The van der Waals surface area contributed by atoms with Gasteiger partial charge in [0, 0.05) is 19.3 Å². The maximum atomic E-state index is 13.0. The number of unbranched alkanes of at least 4 members (excludes halogenated alkanes) is 40. The maximum Gasteiger partial charge on any atom is 0.306 e. The zero-order valence-electron chi connectivity index (χ0n) is 54.5. The third kappa shape index (κ3) is 67.4. The zero-order valence-corrected chi connectivity index (χ0v) is 54.5. The highest BCUT2D eigenvalue weighted by Crippen LogP contribution is 2.18. The van der Waals surface area contributed by atoms with Crippen molar-refractivity contribution in [2.45, 2.75) is 367 Å². The standard InChI is InChI=1S/C76H134O6/c1-4-7-10-13-16-19-22-25-28-31-34-36-37-38-39-41-42-45-48-51-54-57-60-63-66-69-75(78)81-72-73(71-80-74(77)68-65-62-59-56-53-50-47-44-33-30-27-24-21-18-15-12-9-6-3)82-76(79)70-67-64-61-58-55-52-49-46-43-40-35-32-29-26-23-20-17-14-11-8-5-2/h7,10,16,19,25,28,34,36,38-39,42,45,51,54,73H,4-6,8-9,11-15,17-18,20-24,26-27,29-33,35,37,40-41,43-44,46-50,52-53,55-72H2,1-3H3/b10-7-,19-16-,28-25-,36-34-,39-38-,45-42-,54-51-. The van der Waals surface area contributed by atoms with Gasteiger partial charge in [0.1, 0.15) is 13.2 Å². The number of esters is 3. The Hall–Kier alpha value is -3.41. The fourth-order valence-corrected chi connectivity index (χ4v) is 10.4. The van der Waals surface area contributed by atoms with Crippen LogP contribution < -0.4 is 0 Å². The van der Waals surface area contributed by atoms with Crippen LogP contribution in [0.5, 0.6) is 0 Å². The molecule has 0 spiro atoms. The van der Waals surface area contributed by atoms with E-state index in [1.54, 1.807) is 0 Å². The molecule has 0 aliphatic carbocycles. The molecule has 0 aliphatic heterocycles. The largest absolute Gasteiger partial charge is 0.462 e. The lowest BCUT2D eigenvalue weighted by Gasteiger charge is -2.18. The van der Waals surface area contributed by atoms with Crippen LogP contribution in [0, 0.1) is 0 Å². The minimum atomic E-state index is -0.790. The van der Waals surface area contributed by atoms with Gasteiger partial charge in [-0.1, -0.05) is 350 Å². The molecule has 0 aromatic carbocycles. The van der Waals surface area contributed by atoms with Gasteiger partial charge in [-0.2, -0.15) is 0 Å². The summed E-state index contributed by atoms with van der Waals surface area (Å²) in [5.41, 5.74) is 0. The molecule has 0 aliphatic rings. The van der Waals surface area contributed by atoms with Crippen molar-refractivity contribution in [2.75, 3.05) is 13.2 Å². The summed E-state index contributed by atoms with van der Waals surface area (Å²) in [5, 5.41) is 0. The first-order valence-electron chi connectivity index (χ1n) is 35.6. The lowest BCUT2D eigenvalue weighted by atomic mass is 10.0. The van der Waals surface area contributed by atoms with Crippen molar-refractivity contribution >= 4 is 17.9 Å². The molecule has 1 unspecified atom stereocenters. The number of carbonyl (C=O) groups is 3. The molecule has 0 aromatic rings. The summed E-state index contributed by atoms with van der Waals surface area (Å²) in [6.07, 6.45) is 93.2. The molecule has 82 heavy (non-hydrogen) atoms. The van der Waals surface area contributed by atoms with Crippen molar-refractivity contribution in [3.05, 3.63) is 85.1 Å². The molecule has 6 heteroatoms. The lowest BCUT2D eigenvalue weighted by Crippen LogP contribution is -2.30. The van der Waals surface area contributed by atoms with Crippen LogP contribution in [0.1, 0.15) is 361 Å². The number of hydrogen-bond donors (Lipinski definition) is 0. The Morgan fingerprint density at radius 2 is 0.476 bits per heavy atom. The Labute approximate surface area is 509 Å². The minimum absolute atomic E-state index is 0.0822. The fraction of sp³-hybridized carbons (Fsp3) is 0.776. The van der Waals surface area contributed by atoms with Gasteiger partial charge in [0.2, 0.25) is 0 Å². The average molecular weight is 1140 g/mol. The van der Waals surface area contributed by atoms with Gasteiger partial charge in [0.25, 0.3) is 0 Å². The van der Waals surface area contributed by atoms with E-state index in [9.17, 15) is 14.4 Å². The molecule has 0 fully saturated rings. The molecule has 0 aromatic heterocycles. The molecule has 0 heterocycles. The van der Waals surface area contributed by atoms with Crippen LogP contribution in [0.25, 0.3) is 0 Å². The van der Waals surface area contributed by atoms with Gasteiger partial charge < -0.3 is 14.2 Å². The Balaban J connectivity index is 4.41. The Morgan fingerprint density at radius 1 is 0.256 bits per heavy atom.